The van der Waals surface area contributed by atoms with Gasteiger partial charge in [-0.05, 0) is 23.8 Å². The number of rotatable bonds is 4. The Morgan fingerprint density at radius 2 is 2.17 bits per heavy atom. The molecule has 0 aliphatic rings. The normalized spacial score (nSPS) is 11.9. The SMILES string of the molecule is CN(Cc1cccc(N)c1)S(=O)(=O)c1ccn[nH]1. The highest BCUT2D eigenvalue weighted by molar-refractivity contribution is 7.89. The molecule has 0 radical (unpaired) electrons. The summed E-state index contributed by atoms with van der Waals surface area (Å²) in [5, 5.41) is 6.17. The number of benzene rings is 1. The highest BCUT2D eigenvalue weighted by atomic mass is 32.2. The average Bonchev–Trinajstić information content (AvgIpc) is 2.82. The van der Waals surface area contributed by atoms with Crippen LogP contribution in [0.1, 0.15) is 5.56 Å². The molecule has 0 atom stereocenters. The standard InChI is InChI=1S/C11H14N4O2S/c1-15(8-9-3-2-4-10(12)7-9)18(16,17)11-5-6-13-14-11/h2-7H,8,12H2,1H3,(H,13,14). The molecule has 0 unspecified atom stereocenters. The lowest BCUT2D eigenvalue weighted by Crippen LogP contribution is -2.26. The van der Waals surface area contributed by atoms with E-state index in [1.165, 1.54) is 23.6 Å². The molecule has 0 saturated heterocycles. The molecule has 1 aromatic carbocycles. The largest absolute Gasteiger partial charge is 0.399 e. The molecule has 18 heavy (non-hydrogen) atoms. The van der Waals surface area contributed by atoms with Crippen molar-refractivity contribution in [3.63, 3.8) is 0 Å². The van der Waals surface area contributed by atoms with Gasteiger partial charge in [-0.1, -0.05) is 12.1 Å². The van der Waals surface area contributed by atoms with Gasteiger partial charge in [-0.2, -0.15) is 9.40 Å². The molecule has 0 saturated carbocycles. The average molecular weight is 266 g/mol. The van der Waals surface area contributed by atoms with Crippen LogP contribution in [0.5, 0.6) is 0 Å². The van der Waals surface area contributed by atoms with Crippen LogP contribution < -0.4 is 5.73 Å². The van der Waals surface area contributed by atoms with E-state index >= 15 is 0 Å². The van der Waals surface area contributed by atoms with Crippen molar-refractivity contribution in [1.82, 2.24) is 14.5 Å². The van der Waals surface area contributed by atoms with Gasteiger partial charge < -0.3 is 5.73 Å². The van der Waals surface area contributed by atoms with Gasteiger partial charge in [0.1, 0.15) is 0 Å². The van der Waals surface area contributed by atoms with E-state index in [1.807, 2.05) is 6.07 Å². The van der Waals surface area contributed by atoms with Gasteiger partial charge in [0, 0.05) is 19.3 Å². The van der Waals surface area contributed by atoms with E-state index in [0.29, 0.717) is 5.69 Å². The maximum absolute atomic E-state index is 12.1. The number of hydrogen-bond acceptors (Lipinski definition) is 4. The molecule has 0 fully saturated rings. The number of nitrogens with zero attached hydrogens (tertiary/aromatic N) is 2. The summed E-state index contributed by atoms with van der Waals surface area (Å²) in [6.07, 6.45) is 1.40. The van der Waals surface area contributed by atoms with Crippen LogP contribution in [0.4, 0.5) is 5.69 Å². The predicted molar refractivity (Wildman–Crippen MR) is 68.1 cm³/mol. The van der Waals surface area contributed by atoms with Crippen LogP contribution >= 0.6 is 0 Å². The van der Waals surface area contributed by atoms with Crippen molar-refractivity contribution >= 4 is 15.7 Å². The molecule has 96 valence electrons. The van der Waals surface area contributed by atoms with E-state index in [1.54, 1.807) is 18.2 Å². The van der Waals surface area contributed by atoms with E-state index in [0.717, 1.165) is 5.56 Å². The Kier molecular flexibility index (Phi) is 3.35. The fourth-order valence-electron chi connectivity index (χ4n) is 1.59. The Bertz CT molecular complexity index is 622. The number of aromatic amines is 1. The van der Waals surface area contributed by atoms with Crippen LogP contribution in [0, 0.1) is 0 Å². The third-order valence-corrected chi connectivity index (χ3v) is 4.25. The zero-order chi connectivity index (χ0) is 13.2. The zero-order valence-electron chi connectivity index (χ0n) is 9.87. The van der Waals surface area contributed by atoms with Gasteiger partial charge in [0.05, 0.1) is 6.20 Å². The third-order valence-electron chi connectivity index (χ3n) is 2.52. The molecule has 0 bridgehead atoms. The lowest BCUT2D eigenvalue weighted by atomic mass is 10.2. The summed E-state index contributed by atoms with van der Waals surface area (Å²) in [7, 11) is -2.02. The Labute approximate surface area is 105 Å². The van der Waals surface area contributed by atoms with Gasteiger partial charge in [0.15, 0.2) is 5.03 Å². The van der Waals surface area contributed by atoms with Gasteiger partial charge in [-0.15, -0.1) is 0 Å². The molecule has 1 aromatic heterocycles. The monoisotopic (exact) mass is 266 g/mol. The highest BCUT2D eigenvalue weighted by Crippen LogP contribution is 2.15. The fourth-order valence-corrected chi connectivity index (χ4v) is 2.64. The number of nitrogen functional groups attached to an aromatic ring is 1. The van der Waals surface area contributed by atoms with Gasteiger partial charge in [-0.25, -0.2) is 8.42 Å². The molecule has 2 rings (SSSR count). The molecule has 0 amide bonds. The summed E-state index contributed by atoms with van der Waals surface area (Å²) >= 11 is 0. The number of H-pyrrole nitrogens is 1. The number of sulfonamides is 1. The Morgan fingerprint density at radius 1 is 1.39 bits per heavy atom. The predicted octanol–water partition coefficient (Wildman–Crippen LogP) is 0.813. The molecule has 0 aliphatic heterocycles. The smallest absolute Gasteiger partial charge is 0.260 e. The first-order valence-corrected chi connectivity index (χ1v) is 6.74. The quantitative estimate of drug-likeness (QED) is 0.801. The molecule has 3 N–H and O–H groups in total. The second-order valence-electron chi connectivity index (χ2n) is 3.93. The number of nitrogens with two attached hydrogens (primary N) is 1. The van der Waals surface area contributed by atoms with Crippen LogP contribution in [0.3, 0.4) is 0 Å². The Morgan fingerprint density at radius 3 is 2.78 bits per heavy atom. The first-order valence-electron chi connectivity index (χ1n) is 5.30. The Balaban J connectivity index is 2.20. The van der Waals surface area contributed by atoms with E-state index < -0.39 is 10.0 Å². The number of nitrogens with one attached hydrogen (secondary N) is 1. The van der Waals surface area contributed by atoms with Crippen molar-refractivity contribution in [3.05, 3.63) is 42.1 Å². The van der Waals surface area contributed by atoms with E-state index in [4.69, 9.17) is 5.73 Å². The lowest BCUT2D eigenvalue weighted by Gasteiger charge is -2.16. The van der Waals surface area contributed by atoms with Crippen molar-refractivity contribution < 1.29 is 8.42 Å². The maximum atomic E-state index is 12.1. The molecule has 1 heterocycles. The van der Waals surface area contributed by atoms with Gasteiger partial charge >= 0.3 is 0 Å². The summed E-state index contributed by atoms with van der Waals surface area (Å²) in [6.45, 7) is 0.256. The van der Waals surface area contributed by atoms with Crippen molar-refractivity contribution in [2.75, 3.05) is 12.8 Å². The molecule has 6 nitrogen and oxygen atoms in total. The van der Waals surface area contributed by atoms with Crippen molar-refractivity contribution in [2.24, 2.45) is 0 Å². The molecular weight excluding hydrogens is 252 g/mol. The second-order valence-corrected chi connectivity index (χ2v) is 5.94. The number of anilines is 1. The molecular formula is C11H14N4O2S. The van der Waals surface area contributed by atoms with Crippen LogP contribution in [-0.2, 0) is 16.6 Å². The van der Waals surface area contributed by atoms with Crippen LogP contribution in [0.25, 0.3) is 0 Å². The van der Waals surface area contributed by atoms with E-state index in [2.05, 4.69) is 10.2 Å². The minimum atomic E-state index is -3.53. The molecule has 2 aromatic rings. The van der Waals surface area contributed by atoms with Crippen LogP contribution in [0.15, 0.2) is 41.6 Å². The fraction of sp³-hybridized carbons (Fsp3) is 0.182. The number of hydrogen-bond donors (Lipinski definition) is 2. The van der Waals surface area contributed by atoms with Crippen LogP contribution in [-0.4, -0.2) is 30.0 Å². The van der Waals surface area contributed by atoms with E-state index in [-0.39, 0.29) is 11.6 Å². The van der Waals surface area contributed by atoms with Crippen molar-refractivity contribution in [1.29, 1.82) is 0 Å². The summed E-state index contributed by atoms with van der Waals surface area (Å²) in [6, 6.07) is 8.55. The second kappa shape index (κ2) is 4.79. The summed E-state index contributed by atoms with van der Waals surface area (Å²) in [5.74, 6) is 0. The van der Waals surface area contributed by atoms with Gasteiger partial charge in [-0.3, -0.25) is 5.10 Å². The van der Waals surface area contributed by atoms with E-state index in [9.17, 15) is 8.42 Å². The Hall–Kier alpha value is -1.86. The first kappa shape index (κ1) is 12.6. The zero-order valence-corrected chi connectivity index (χ0v) is 10.7. The first-order chi connectivity index (χ1) is 8.50. The molecule has 0 spiro atoms. The maximum Gasteiger partial charge on any atom is 0.260 e. The summed E-state index contributed by atoms with van der Waals surface area (Å²) in [5.41, 5.74) is 7.10. The third kappa shape index (κ3) is 2.52. The van der Waals surface area contributed by atoms with Crippen LogP contribution in [0.2, 0.25) is 0 Å². The van der Waals surface area contributed by atoms with Gasteiger partial charge in [0.25, 0.3) is 10.0 Å². The lowest BCUT2D eigenvalue weighted by molar-refractivity contribution is 0.463. The topological polar surface area (TPSA) is 92.1 Å². The minimum Gasteiger partial charge on any atom is -0.399 e. The number of aromatic nitrogens is 2. The van der Waals surface area contributed by atoms with Crippen molar-refractivity contribution in [3.8, 4) is 0 Å². The highest BCUT2D eigenvalue weighted by Gasteiger charge is 2.22. The molecule has 0 aliphatic carbocycles. The van der Waals surface area contributed by atoms with Crippen molar-refractivity contribution in [2.45, 2.75) is 11.6 Å². The minimum absolute atomic E-state index is 0.0777. The summed E-state index contributed by atoms with van der Waals surface area (Å²) in [4.78, 5) is 0. The van der Waals surface area contributed by atoms with Gasteiger partial charge in [0.2, 0.25) is 0 Å². The summed E-state index contributed by atoms with van der Waals surface area (Å²) < 4.78 is 25.5. The molecule has 7 heteroatoms.